The lowest BCUT2D eigenvalue weighted by Crippen LogP contribution is -2.57. The molecule has 0 aromatic rings. The molecular weight excluding hydrogens is 175 g/mol. The van der Waals surface area contributed by atoms with Gasteiger partial charge in [0.2, 0.25) is 5.91 Å². The predicted molar refractivity (Wildman–Crippen MR) is 46.0 cm³/mol. The Bertz CT molecular complexity index is 189. The van der Waals surface area contributed by atoms with Crippen molar-refractivity contribution in [1.82, 2.24) is 10.6 Å². The van der Waals surface area contributed by atoms with Gasteiger partial charge in [-0.25, -0.2) is 4.39 Å². The first-order valence-corrected chi connectivity index (χ1v) is 4.38. The van der Waals surface area contributed by atoms with Gasteiger partial charge in [0.05, 0.1) is 12.1 Å². The summed E-state index contributed by atoms with van der Waals surface area (Å²) >= 11 is 0. The molecule has 0 aliphatic carbocycles. The number of halogens is 1. The molecule has 0 aromatic carbocycles. The molecule has 3 atom stereocenters. The zero-order chi connectivity index (χ0) is 9.84. The molecule has 0 bridgehead atoms. The van der Waals surface area contributed by atoms with Crippen molar-refractivity contribution < 1.29 is 14.3 Å². The van der Waals surface area contributed by atoms with Crippen molar-refractivity contribution in [3.05, 3.63) is 0 Å². The highest BCUT2D eigenvalue weighted by Gasteiger charge is 2.28. The van der Waals surface area contributed by atoms with Crippen molar-refractivity contribution in [2.24, 2.45) is 0 Å². The first-order valence-electron chi connectivity index (χ1n) is 4.38. The maximum Gasteiger partial charge on any atom is 0.217 e. The fourth-order valence-corrected chi connectivity index (χ4v) is 1.49. The third-order valence-corrected chi connectivity index (χ3v) is 2.19. The summed E-state index contributed by atoms with van der Waals surface area (Å²) in [7, 11) is 0. The standard InChI is InChI=1S/C8H15FN2O2/c1-5(12)11-7-4-10-6(3-9)2-8(7)13/h6-8,10,13H,2-4H2,1H3,(H,11,12)/t6-,7-,8-/m0/s1. The Morgan fingerprint density at radius 3 is 2.92 bits per heavy atom. The number of carbonyl (C=O) groups is 1. The summed E-state index contributed by atoms with van der Waals surface area (Å²) in [5.74, 6) is -0.176. The van der Waals surface area contributed by atoms with E-state index in [0.29, 0.717) is 13.0 Å². The lowest BCUT2D eigenvalue weighted by molar-refractivity contribution is -0.120. The van der Waals surface area contributed by atoms with Gasteiger partial charge < -0.3 is 15.7 Å². The molecule has 0 spiro atoms. The monoisotopic (exact) mass is 190 g/mol. The second kappa shape index (κ2) is 4.53. The van der Waals surface area contributed by atoms with Crippen LogP contribution in [0.4, 0.5) is 4.39 Å². The number of carbonyl (C=O) groups excluding carboxylic acids is 1. The zero-order valence-corrected chi connectivity index (χ0v) is 7.59. The highest BCUT2D eigenvalue weighted by atomic mass is 19.1. The first kappa shape index (κ1) is 10.4. The van der Waals surface area contributed by atoms with Crippen molar-refractivity contribution in [1.29, 1.82) is 0 Å². The molecule has 5 heteroatoms. The number of alkyl halides is 1. The Morgan fingerprint density at radius 1 is 1.77 bits per heavy atom. The van der Waals surface area contributed by atoms with Crippen LogP contribution in [0.3, 0.4) is 0 Å². The second-order valence-electron chi connectivity index (χ2n) is 3.37. The van der Waals surface area contributed by atoms with Crippen LogP contribution < -0.4 is 10.6 Å². The number of amides is 1. The fraction of sp³-hybridized carbons (Fsp3) is 0.875. The third kappa shape index (κ3) is 2.93. The fourth-order valence-electron chi connectivity index (χ4n) is 1.49. The summed E-state index contributed by atoms with van der Waals surface area (Å²) in [6.45, 7) is 1.34. The van der Waals surface area contributed by atoms with E-state index in [0.717, 1.165) is 0 Å². The average molecular weight is 190 g/mol. The van der Waals surface area contributed by atoms with E-state index in [9.17, 15) is 14.3 Å². The largest absolute Gasteiger partial charge is 0.391 e. The number of aliphatic hydroxyl groups excluding tert-OH is 1. The normalized spacial score (nSPS) is 34.2. The summed E-state index contributed by atoms with van der Waals surface area (Å²) in [5, 5.41) is 15.0. The number of hydrogen-bond donors (Lipinski definition) is 3. The van der Waals surface area contributed by atoms with Crippen LogP contribution in [0.25, 0.3) is 0 Å². The molecule has 0 unspecified atom stereocenters. The van der Waals surface area contributed by atoms with Gasteiger partial charge >= 0.3 is 0 Å². The number of hydrogen-bond acceptors (Lipinski definition) is 3. The smallest absolute Gasteiger partial charge is 0.217 e. The van der Waals surface area contributed by atoms with Crippen LogP contribution in [0.1, 0.15) is 13.3 Å². The van der Waals surface area contributed by atoms with E-state index in [2.05, 4.69) is 10.6 Å². The molecule has 13 heavy (non-hydrogen) atoms. The molecule has 0 aromatic heterocycles. The van der Waals surface area contributed by atoms with E-state index in [4.69, 9.17) is 0 Å². The van der Waals surface area contributed by atoms with Gasteiger partial charge in [0.15, 0.2) is 0 Å². The van der Waals surface area contributed by atoms with E-state index < -0.39 is 12.8 Å². The van der Waals surface area contributed by atoms with Crippen molar-refractivity contribution in [2.75, 3.05) is 13.2 Å². The summed E-state index contributed by atoms with van der Waals surface area (Å²) in [5.41, 5.74) is 0. The van der Waals surface area contributed by atoms with Gasteiger partial charge in [-0.15, -0.1) is 0 Å². The maximum absolute atomic E-state index is 12.2. The Kier molecular flexibility index (Phi) is 3.62. The van der Waals surface area contributed by atoms with Gasteiger partial charge in [0.1, 0.15) is 6.67 Å². The van der Waals surface area contributed by atoms with E-state index in [-0.39, 0.29) is 18.0 Å². The minimum atomic E-state index is -0.647. The molecule has 1 aliphatic heterocycles. The van der Waals surface area contributed by atoms with Crippen LogP contribution in [0.15, 0.2) is 0 Å². The molecule has 1 saturated heterocycles. The minimum absolute atomic E-state index is 0.176. The van der Waals surface area contributed by atoms with Crippen LogP contribution in [0, 0.1) is 0 Å². The van der Waals surface area contributed by atoms with Crippen molar-refractivity contribution in [2.45, 2.75) is 31.5 Å². The Labute approximate surface area is 76.5 Å². The van der Waals surface area contributed by atoms with Gasteiger partial charge in [-0.05, 0) is 6.42 Å². The summed E-state index contributed by atoms with van der Waals surface area (Å²) in [6, 6.07) is -0.569. The molecule has 1 fully saturated rings. The average Bonchev–Trinajstić information content (AvgIpc) is 2.08. The van der Waals surface area contributed by atoms with Gasteiger partial charge in [-0.2, -0.15) is 0 Å². The van der Waals surface area contributed by atoms with Gasteiger partial charge in [-0.3, -0.25) is 4.79 Å². The van der Waals surface area contributed by atoms with Crippen LogP contribution in [0.5, 0.6) is 0 Å². The van der Waals surface area contributed by atoms with Gasteiger partial charge in [0.25, 0.3) is 0 Å². The molecular formula is C8H15FN2O2. The molecule has 1 rings (SSSR count). The molecule has 76 valence electrons. The Balaban J connectivity index is 2.39. The van der Waals surface area contributed by atoms with Crippen LogP contribution in [-0.4, -0.2) is 42.4 Å². The number of rotatable bonds is 2. The van der Waals surface area contributed by atoms with Crippen LogP contribution >= 0.6 is 0 Å². The van der Waals surface area contributed by atoms with Crippen LogP contribution in [0.2, 0.25) is 0 Å². The highest BCUT2D eigenvalue weighted by Crippen LogP contribution is 2.09. The molecule has 1 heterocycles. The third-order valence-electron chi connectivity index (χ3n) is 2.19. The molecule has 0 saturated carbocycles. The Hall–Kier alpha value is -0.680. The van der Waals surface area contributed by atoms with Crippen molar-refractivity contribution in [3.63, 3.8) is 0 Å². The second-order valence-corrected chi connectivity index (χ2v) is 3.37. The number of aliphatic hydroxyl groups is 1. The first-order chi connectivity index (χ1) is 6.13. The van der Waals surface area contributed by atoms with E-state index in [1.54, 1.807) is 0 Å². The van der Waals surface area contributed by atoms with Gasteiger partial charge in [-0.1, -0.05) is 0 Å². The van der Waals surface area contributed by atoms with Gasteiger partial charge in [0, 0.05) is 19.5 Å². The Morgan fingerprint density at radius 2 is 2.46 bits per heavy atom. The minimum Gasteiger partial charge on any atom is -0.391 e. The van der Waals surface area contributed by atoms with E-state index in [1.807, 2.05) is 0 Å². The van der Waals surface area contributed by atoms with Crippen molar-refractivity contribution in [3.8, 4) is 0 Å². The highest BCUT2D eigenvalue weighted by molar-refractivity contribution is 5.73. The quantitative estimate of drug-likeness (QED) is 0.533. The summed E-state index contributed by atoms with van der Waals surface area (Å²) in [6.07, 6.45) is -0.299. The molecule has 3 N–H and O–H groups in total. The summed E-state index contributed by atoms with van der Waals surface area (Å²) in [4.78, 5) is 10.7. The molecule has 0 radical (unpaired) electrons. The molecule has 1 amide bonds. The maximum atomic E-state index is 12.2. The SMILES string of the molecule is CC(=O)N[C@H]1CN[C@H](CF)C[C@@H]1O. The molecule has 1 aliphatic rings. The number of piperidine rings is 1. The predicted octanol–water partition coefficient (Wildman–Crippen LogP) is -0.817. The number of nitrogens with one attached hydrogen (secondary N) is 2. The lowest BCUT2D eigenvalue weighted by Gasteiger charge is -2.33. The van der Waals surface area contributed by atoms with Crippen LogP contribution in [-0.2, 0) is 4.79 Å². The summed E-state index contributed by atoms with van der Waals surface area (Å²) < 4.78 is 12.2. The zero-order valence-electron chi connectivity index (χ0n) is 7.59. The topological polar surface area (TPSA) is 61.4 Å². The van der Waals surface area contributed by atoms with Crippen molar-refractivity contribution >= 4 is 5.91 Å². The van der Waals surface area contributed by atoms with E-state index in [1.165, 1.54) is 6.92 Å². The van der Waals surface area contributed by atoms with E-state index >= 15 is 0 Å². The lowest BCUT2D eigenvalue weighted by atomic mass is 9.98. The molecule has 4 nitrogen and oxygen atoms in total.